The summed E-state index contributed by atoms with van der Waals surface area (Å²) in [6.07, 6.45) is 0. The fourth-order valence-electron chi connectivity index (χ4n) is 2.39. The number of benzene rings is 2. The highest BCUT2D eigenvalue weighted by molar-refractivity contribution is 6.21. The molecule has 0 radical (unpaired) electrons. The van der Waals surface area contributed by atoms with E-state index in [1.54, 1.807) is 37.4 Å². The molecular weight excluding hydrogens is 296 g/mol. The zero-order chi connectivity index (χ0) is 16.6. The van der Waals surface area contributed by atoms with Crippen LogP contribution in [-0.4, -0.2) is 28.3 Å². The first-order valence-corrected chi connectivity index (χ1v) is 6.96. The minimum atomic E-state index is -0.314. The number of fused-ring (bicyclic) bond motifs is 2. The van der Waals surface area contributed by atoms with Crippen molar-refractivity contribution in [2.45, 2.75) is 0 Å². The quantitative estimate of drug-likeness (QED) is 0.596. The van der Waals surface area contributed by atoms with Crippen LogP contribution in [0.25, 0.3) is 11.1 Å². The van der Waals surface area contributed by atoms with Crippen LogP contribution in [0.4, 0.5) is 0 Å². The molecule has 1 aliphatic rings. The standard InChI is InChI=1S/C9H7NO2.C8H7NO2/c1-10-8(11)6-4-2-3-5-7(6)9(10)12;1-9-6-4-2-3-5-7(6)11-8(9)10/h2-5H,1H3;2-5H,1H3. The number of para-hydroxylation sites is 2. The second-order valence-corrected chi connectivity index (χ2v) is 5.11. The summed E-state index contributed by atoms with van der Waals surface area (Å²) < 4.78 is 6.39. The monoisotopic (exact) mass is 310 g/mol. The number of carbonyl (C=O) groups is 2. The van der Waals surface area contributed by atoms with E-state index in [4.69, 9.17) is 4.42 Å². The number of hydrogen-bond donors (Lipinski definition) is 0. The number of aryl methyl sites for hydroxylation is 1. The summed E-state index contributed by atoms with van der Waals surface area (Å²) in [6, 6.07) is 14.2. The van der Waals surface area contributed by atoms with Crippen LogP contribution in [0.2, 0.25) is 0 Å². The summed E-state index contributed by atoms with van der Waals surface area (Å²) in [7, 11) is 3.18. The van der Waals surface area contributed by atoms with Crippen molar-refractivity contribution in [3.63, 3.8) is 0 Å². The summed E-state index contributed by atoms with van der Waals surface area (Å²) in [5, 5.41) is 0. The van der Waals surface area contributed by atoms with Crippen LogP contribution in [0.15, 0.2) is 57.7 Å². The Balaban J connectivity index is 0.000000136. The lowest BCUT2D eigenvalue weighted by Gasteiger charge is -2.02. The van der Waals surface area contributed by atoms with Crippen molar-refractivity contribution in [3.05, 3.63) is 70.2 Å². The molecule has 0 saturated carbocycles. The molecule has 4 rings (SSSR count). The molecule has 0 bridgehead atoms. The van der Waals surface area contributed by atoms with Gasteiger partial charge in [0.1, 0.15) is 0 Å². The summed E-state index contributed by atoms with van der Waals surface area (Å²) in [5.41, 5.74) is 2.48. The third-order valence-electron chi connectivity index (χ3n) is 3.69. The van der Waals surface area contributed by atoms with E-state index in [9.17, 15) is 14.4 Å². The Bertz CT molecular complexity index is 933. The zero-order valence-corrected chi connectivity index (χ0v) is 12.6. The largest absolute Gasteiger partial charge is 0.419 e. The lowest BCUT2D eigenvalue weighted by atomic mass is 10.1. The molecule has 1 aromatic heterocycles. The maximum absolute atomic E-state index is 11.3. The number of amides is 2. The molecule has 23 heavy (non-hydrogen) atoms. The van der Waals surface area contributed by atoms with Crippen molar-refractivity contribution in [2.24, 2.45) is 7.05 Å². The number of carbonyl (C=O) groups excluding carboxylic acids is 2. The molecule has 6 nitrogen and oxygen atoms in total. The highest BCUT2D eigenvalue weighted by atomic mass is 16.4. The topological polar surface area (TPSA) is 72.5 Å². The van der Waals surface area contributed by atoms with Gasteiger partial charge in [0, 0.05) is 14.1 Å². The number of aromatic nitrogens is 1. The van der Waals surface area contributed by atoms with Gasteiger partial charge < -0.3 is 4.42 Å². The van der Waals surface area contributed by atoms with Gasteiger partial charge in [-0.05, 0) is 24.3 Å². The highest BCUT2D eigenvalue weighted by Crippen LogP contribution is 2.20. The van der Waals surface area contributed by atoms with Gasteiger partial charge >= 0.3 is 5.76 Å². The molecule has 3 aromatic rings. The van der Waals surface area contributed by atoms with Crippen molar-refractivity contribution in [1.82, 2.24) is 9.47 Å². The van der Waals surface area contributed by atoms with Crippen LogP contribution in [0, 0.1) is 0 Å². The normalized spacial score (nSPS) is 13.0. The number of imide groups is 1. The predicted octanol–water partition coefficient (Wildman–Crippen LogP) is 2.04. The first-order valence-electron chi connectivity index (χ1n) is 6.96. The van der Waals surface area contributed by atoms with E-state index >= 15 is 0 Å². The van der Waals surface area contributed by atoms with Crippen LogP contribution >= 0.6 is 0 Å². The van der Waals surface area contributed by atoms with E-state index in [0.717, 1.165) is 10.4 Å². The second-order valence-electron chi connectivity index (χ2n) is 5.11. The molecule has 0 atom stereocenters. The van der Waals surface area contributed by atoms with Crippen molar-refractivity contribution in [2.75, 3.05) is 7.05 Å². The van der Waals surface area contributed by atoms with Gasteiger partial charge in [0.15, 0.2) is 5.58 Å². The zero-order valence-electron chi connectivity index (χ0n) is 12.6. The SMILES string of the molecule is CN1C(=O)c2ccccc2C1=O.Cn1c(=O)oc2ccccc21. The average Bonchev–Trinajstić information content (AvgIpc) is 2.99. The van der Waals surface area contributed by atoms with Crippen molar-refractivity contribution >= 4 is 22.9 Å². The molecule has 0 saturated heterocycles. The third-order valence-corrected chi connectivity index (χ3v) is 3.69. The van der Waals surface area contributed by atoms with E-state index < -0.39 is 0 Å². The van der Waals surface area contributed by atoms with Gasteiger partial charge in [0.05, 0.1) is 16.6 Å². The summed E-state index contributed by atoms with van der Waals surface area (Å²) >= 11 is 0. The highest BCUT2D eigenvalue weighted by Gasteiger charge is 2.31. The smallest absolute Gasteiger partial charge is 0.408 e. The number of oxazole rings is 1. The number of rotatable bonds is 0. The maximum atomic E-state index is 11.3. The van der Waals surface area contributed by atoms with Gasteiger partial charge in [-0.2, -0.15) is 0 Å². The van der Waals surface area contributed by atoms with Crippen LogP contribution in [0.1, 0.15) is 20.7 Å². The van der Waals surface area contributed by atoms with E-state index in [-0.39, 0.29) is 17.6 Å². The van der Waals surface area contributed by atoms with Crippen LogP contribution in [-0.2, 0) is 7.05 Å². The average molecular weight is 310 g/mol. The van der Waals surface area contributed by atoms with Crippen LogP contribution < -0.4 is 5.76 Å². The Kier molecular flexibility index (Phi) is 3.57. The molecule has 2 heterocycles. The van der Waals surface area contributed by atoms with Crippen molar-refractivity contribution < 1.29 is 14.0 Å². The predicted molar refractivity (Wildman–Crippen MR) is 84.3 cm³/mol. The minimum Gasteiger partial charge on any atom is -0.408 e. The Morgan fingerprint density at radius 1 is 0.783 bits per heavy atom. The molecule has 0 spiro atoms. The Morgan fingerprint density at radius 3 is 1.87 bits per heavy atom. The Hall–Kier alpha value is -3.15. The molecule has 0 fully saturated rings. The van der Waals surface area contributed by atoms with E-state index in [1.165, 1.54) is 11.6 Å². The van der Waals surface area contributed by atoms with E-state index in [1.807, 2.05) is 18.2 Å². The number of nitrogens with zero attached hydrogens (tertiary/aromatic N) is 2. The molecule has 1 aliphatic heterocycles. The van der Waals surface area contributed by atoms with Gasteiger partial charge in [-0.3, -0.25) is 19.1 Å². The molecule has 0 unspecified atom stereocenters. The lowest BCUT2D eigenvalue weighted by molar-refractivity contribution is 0.0693. The summed E-state index contributed by atoms with van der Waals surface area (Å²) in [5.74, 6) is -0.739. The Labute approximate surface area is 131 Å². The van der Waals surface area contributed by atoms with E-state index in [0.29, 0.717) is 16.7 Å². The molecule has 2 aromatic carbocycles. The lowest BCUT2D eigenvalue weighted by Crippen LogP contribution is -2.24. The molecule has 0 aliphatic carbocycles. The van der Waals surface area contributed by atoms with Crippen LogP contribution in [0.3, 0.4) is 0 Å². The summed E-state index contributed by atoms with van der Waals surface area (Å²) in [4.78, 5) is 34.7. The fourth-order valence-corrected chi connectivity index (χ4v) is 2.39. The second kappa shape index (κ2) is 5.57. The first-order chi connectivity index (χ1) is 11.0. The molecule has 2 amide bonds. The van der Waals surface area contributed by atoms with Gasteiger partial charge in [-0.1, -0.05) is 24.3 Å². The first kappa shape index (κ1) is 14.8. The number of hydrogen-bond acceptors (Lipinski definition) is 4. The van der Waals surface area contributed by atoms with Crippen LogP contribution in [0.5, 0.6) is 0 Å². The molecular formula is C17H14N2O4. The van der Waals surface area contributed by atoms with Crippen molar-refractivity contribution in [1.29, 1.82) is 0 Å². The maximum Gasteiger partial charge on any atom is 0.419 e. The van der Waals surface area contributed by atoms with Gasteiger partial charge in [-0.15, -0.1) is 0 Å². The fraction of sp³-hybridized carbons (Fsp3) is 0.118. The van der Waals surface area contributed by atoms with Gasteiger partial charge in [0.25, 0.3) is 11.8 Å². The summed E-state index contributed by atoms with van der Waals surface area (Å²) in [6.45, 7) is 0. The van der Waals surface area contributed by atoms with E-state index in [2.05, 4.69) is 0 Å². The Morgan fingerprint density at radius 2 is 1.30 bits per heavy atom. The molecule has 0 N–H and O–H groups in total. The molecule has 116 valence electrons. The van der Waals surface area contributed by atoms with Gasteiger partial charge in [-0.25, -0.2) is 4.79 Å². The molecule has 6 heteroatoms. The van der Waals surface area contributed by atoms with Crippen molar-refractivity contribution in [3.8, 4) is 0 Å². The third kappa shape index (κ3) is 2.44. The van der Waals surface area contributed by atoms with Gasteiger partial charge in [0.2, 0.25) is 0 Å². The minimum absolute atomic E-state index is 0.212.